The van der Waals surface area contributed by atoms with Crippen LogP contribution in [-0.4, -0.2) is 37.4 Å². The lowest BCUT2D eigenvalue weighted by atomic mass is 10.1. The molecule has 0 aromatic heterocycles. The lowest BCUT2D eigenvalue weighted by Crippen LogP contribution is -2.33. The van der Waals surface area contributed by atoms with Gasteiger partial charge in [-0.3, -0.25) is 4.99 Å². The number of benzene rings is 1. The van der Waals surface area contributed by atoms with Crippen LogP contribution in [0.2, 0.25) is 0 Å². The van der Waals surface area contributed by atoms with E-state index in [-0.39, 0.29) is 18.1 Å². The van der Waals surface area contributed by atoms with Gasteiger partial charge in [0.15, 0.2) is 5.96 Å². The van der Waals surface area contributed by atoms with Crippen LogP contribution in [0.15, 0.2) is 29.3 Å². The highest BCUT2D eigenvalue weighted by atomic mass is 19.1. The summed E-state index contributed by atoms with van der Waals surface area (Å²) in [4.78, 5) is 3.99. The first-order valence-corrected chi connectivity index (χ1v) is 6.69. The first-order chi connectivity index (χ1) is 9.65. The Bertz CT molecular complexity index is 427. The minimum absolute atomic E-state index is 0.0191. The summed E-state index contributed by atoms with van der Waals surface area (Å²) in [6, 6.07) is 6.07. The number of nitrogens with zero attached hydrogens (tertiary/aromatic N) is 1. The van der Waals surface area contributed by atoms with Crippen molar-refractivity contribution in [1.82, 2.24) is 5.32 Å². The van der Waals surface area contributed by atoms with Gasteiger partial charge in [0.1, 0.15) is 11.9 Å². The van der Waals surface area contributed by atoms with Crippen LogP contribution in [0.5, 0.6) is 0 Å². The average Bonchev–Trinajstić information content (AvgIpc) is 2.45. The van der Waals surface area contributed by atoms with E-state index in [0.717, 1.165) is 6.42 Å². The smallest absolute Gasteiger partial charge is 0.188 e. The van der Waals surface area contributed by atoms with Crippen LogP contribution >= 0.6 is 0 Å². The van der Waals surface area contributed by atoms with Gasteiger partial charge >= 0.3 is 0 Å². The Morgan fingerprint density at radius 3 is 2.95 bits per heavy atom. The summed E-state index contributed by atoms with van der Waals surface area (Å²) in [7, 11) is 0. The largest absolute Gasteiger partial charge is 0.386 e. The SMILES string of the molecule is CCOCCCNC(N)=NCC(O)c1ccccc1F. The van der Waals surface area contributed by atoms with Gasteiger partial charge in [0.25, 0.3) is 0 Å². The van der Waals surface area contributed by atoms with Gasteiger partial charge in [0.2, 0.25) is 0 Å². The van der Waals surface area contributed by atoms with Gasteiger partial charge in [0.05, 0.1) is 6.54 Å². The number of aliphatic imine (C=N–C) groups is 1. The zero-order chi connectivity index (χ0) is 14.8. The molecule has 0 spiro atoms. The summed E-state index contributed by atoms with van der Waals surface area (Å²) < 4.78 is 18.6. The number of ether oxygens (including phenoxy) is 1. The monoisotopic (exact) mass is 283 g/mol. The summed E-state index contributed by atoms with van der Waals surface area (Å²) in [6.45, 7) is 3.96. The van der Waals surface area contributed by atoms with Gasteiger partial charge in [-0.15, -0.1) is 0 Å². The van der Waals surface area contributed by atoms with Crippen LogP contribution < -0.4 is 11.1 Å². The average molecular weight is 283 g/mol. The highest BCUT2D eigenvalue weighted by molar-refractivity contribution is 5.77. The fourth-order valence-corrected chi connectivity index (χ4v) is 1.62. The Labute approximate surface area is 118 Å². The van der Waals surface area contributed by atoms with Gasteiger partial charge in [0, 0.05) is 25.3 Å². The molecule has 0 aliphatic rings. The zero-order valence-corrected chi connectivity index (χ0v) is 11.7. The number of rotatable bonds is 8. The maximum atomic E-state index is 13.4. The topological polar surface area (TPSA) is 79.9 Å². The first kappa shape index (κ1) is 16.4. The molecule has 0 bridgehead atoms. The molecule has 0 heterocycles. The van der Waals surface area contributed by atoms with Crippen molar-refractivity contribution in [1.29, 1.82) is 0 Å². The number of aliphatic hydroxyl groups excluding tert-OH is 1. The molecule has 1 atom stereocenters. The molecule has 0 radical (unpaired) electrons. The number of nitrogens with two attached hydrogens (primary N) is 1. The third kappa shape index (κ3) is 5.99. The number of nitrogens with one attached hydrogen (secondary N) is 1. The molecular formula is C14H22FN3O2. The van der Waals surface area contributed by atoms with Crippen LogP contribution in [0.1, 0.15) is 25.0 Å². The van der Waals surface area contributed by atoms with Crippen molar-refractivity contribution >= 4 is 5.96 Å². The molecule has 0 aliphatic carbocycles. The third-order valence-corrected chi connectivity index (χ3v) is 2.67. The van der Waals surface area contributed by atoms with E-state index in [4.69, 9.17) is 10.5 Å². The number of guanidine groups is 1. The van der Waals surface area contributed by atoms with Gasteiger partial charge in [-0.2, -0.15) is 0 Å². The fourth-order valence-electron chi connectivity index (χ4n) is 1.62. The molecule has 0 amide bonds. The van der Waals surface area contributed by atoms with E-state index in [1.165, 1.54) is 12.1 Å². The quantitative estimate of drug-likeness (QED) is 0.380. The Balaban J connectivity index is 2.33. The van der Waals surface area contributed by atoms with Crippen LogP contribution in [0.3, 0.4) is 0 Å². The molecule has 20 heavy (non-hydrogen) atoms. The van der Waals surface area contributed by atoms with Crippen molar-refractivity contribution in [3.63, 3.8) is 0 Å². The molecule has 0 aliphatic heterocycles. The first-order valence-electron chi connectivity index (χ1n) is 6.69. The van der Waals surface area contributed by atoms with E-state index in [2.05, 4.69) is 10.3 Å². The van der Waals surface area contributed by atoms with Gasteiger partial charge in [-0.1, -0.05) is 18.2 Å². The molecule has 0 saturated carbocycles. The lowest BCUT2D eigenvalue weighted by molar-refractivity contribution is 0.145. The van der Waals surface area contributed by atoms with Crippen molar-refractivity contribution < 1.29 is 14.2 Å². The highest BCUT2D eigenvalue weighted by Gasteiger charge is 2.11. The number of aliphatic hydroxyl groups is 1. The Morgan fingerprint density at radius 2 is 2.25 bits per heavy atom. The number of halogens is 1. The predicted molar refractivity (Wildman–Crippen MR) is 77.0 cm³/mol. The molecule has 112 valence electrons. The molecule has 0 saturated heterocycles. The number of hydrogen-bond acceptors (Lipinski definition) is 3. The van der Waals surface area contributed by atoms with Gasteiger partial charge in [-0.05, 0) is 19.4 Å². The second-order valence-corrected chi connectivity index (χ2v) is 4.24. The summed E-state index contributed by atoms with van der Waals surface area (Å²) in [6.07, 6.45) is -0.181. The molecule has 5 nitrogen and oxygen atoms in total. The fraction of sp³-hybridized carbons (Fsp3) is 0.500. The van der Waals surface area contributed by atoms with E-state index in [1.807, 2.05) is 6.92 Å². The Hall–Kier alpha value is -1.66. The minimum Gasteiger partial charge on any atom is -0.386 e. The maximum absolute atomic E-state index is 13.4. The summed E-state index contributed by atoms with van der Waals surface area (Å²) in [5, 5.41) is 12.7. The van der Waals surface area contributed by atoms with E-state index in [1.54, 1.807) is 12.1 Å². The molecule has 6 heteroatoms. The minimum atomic E-state index is -1.00. The van der Waals surface area contributed by atoms with Crippen molar-refractivity contribution in [2.45, 2.75) is 19.4 Å². The van der Waals surface area contributed by atoms with Gasteiger partial charge in [-0.25, -0.2) is 4.39 Å². The third-order valence-electron chi connectivity index (χ3n) is 2.67. The molecule has 0 fully saturated rings. The standard InChI is InChI=1S/C14H22FN3O2/c1-2-20-9-5-8-17-14(16)18-10-13(19)11-6-3-4-7-12(11)15/h3-4,6-7,13,19H,2,5,8-10H2,1H3,(H3,16,17,18). The van der Waals surface area contributed by atoms with Crippen LogP contribution in [0, 0.1) is 5.82 Å². The van der Waals surface area contributed by atoms with Crippen LogP contribution in [0.25, 0.3) is 0 Å². The van der Waals surface area contributed by atoms with E-state index >= 15 is 0 Å². The van der Waals surface area contributed by atoms with Crippen molar-refractivity contribution in [2.24, 2.45) is 10.7 Å². The maximum Gasteiger partial charge on any atom is 0.188 e. The van der Waals surface area contributed by atoms with Crippen LogP contribution in [-0.2, 0) is 4.74 Å². The molecule has 1 aromatic carbocycles. The second-order valence-electron chi connectivity index (χ2n) is 4.24. The predicted octanol–water partition coefficient (Wildman–Crippen LogP) is 1.19. The Kier molecular flexibility index (Phi) is 7.60. The zero-order valence-electron chi connectivity index (χ0n) is 11.7. The molecular weight excluding hydrogens is 261 g/mol. The number of hydrogen-bond donors (Lipinski definition) is 3. The molecule has 1 rings (SSSR count). The van der Waals surface area contributed by atoms with Crippen LogP contribution in [0.4, 0.5) is 4.39 Å². The van der Waals surface area contributed by atoms with Gasteiger partial charge < -0.3 is 20.9 Å². The second kappa shape index (κ2) is 9.28. The normalized spacial score (nSPS) is 13.2. The highest BCUT2D eigenvalue weighted by Crippen LogP contribution is 2.16. The van der Waals surface area contributed by atoms with Crippen molar-refractivity contribution in [2.75, 3.05) is 26.3 Å². The summed E-state index contributed by atoms with van der Waals surface area (Å²) in [5.41, 5.74) is 5.87. The van der Waals surface area contributed by atoms with E-state index in [0.29, 0.717) is 19.8 Å². The Morgan fingerprint density at radius 1 is 1.50 bits per heavy atom. The summed E-state index contributed by atoms with van der Waals surface area (Å²) >= 11 is 0. The summed E-state index contributed by atoms with van der Waals surface area (Å²) in [5.74, 6) is -0.213. The van der Waals surface area contributed by atoms with E-state index < -0.39 is 11.9 Å². The van der Waals surface area contributed by atoms with Crippen molar-refractivity contribution in [3.05, 3.63) is 35.6 Å². The lowest BCUT2D eigenvalue weighted by Gasteiger charge is -2.10. The molecule has 1 unspecified atom stereocenters. The molecule has 4 N–H and O–H groups in total. The van der Waals surface area contributed by atoms with Crippen molar-refractivity contribution in [3.8, 4) is 0 Å². The van der Waals surface area contributed by atoms with E-state index in [9.17, 15) is 9.50 Å². The molecule has 1 aromatic rings.